The zero-order valence-electron chi connectivity index (χ0n) is 25.0. The Labute approximate surface area is 447 Å². The van der Waals surface area contributed by atoms with Crippen LogP contribution in [-0.4, -0.2) is 120 Å². The molecule has 47 heavy (non-hydrogen) atoms. The number of rotatable bonds is 20. The van der Waals surface area contributed by atoms with Gasteiger partial charge in [0.15, 0.2) is 6.29 Å². The minimum absolute atomic E-state index is 0. The van der Waals surface area contributed by atoms with Crippen LogP contribution in [0.5, 0.6) is 0 Å². The van der Waals surface area contributed by atoms with E-state index in [1.165, 1.54) is 38.8 Å². The Bertz CT molecular complexity index is 865. The van der Waals surface area contributed by atoms with Crippen LogP contribution >= 0.6 is 0 Å². The molecule has 2 fully saturated rings. The van der Waals surface area contributed by atoms with Gasteiger partial charge >= 0.3 is 0 Å². The quantitative estimate of drug-likeness (QED) is 0.0899. The molecule has 2 aliphatic rings. The van der Waals surface area contributed by atoms with Gasteiger partial charge < -0.3 is 80.9 Å². The molecular formula is C23H23O17Y7-7. The third-order valence-corrected chi connectivity index (χ3v) is 5.93. The van der Waals surface area contributed by atoms with Gasteiger partial charge in [-0.25, -0.2) is 0 Å². The van der Waals surface area contributed by atoms with Crippen molar-refractivity contribution in [1.29, 1.82) is 0 Å². The molecule has 1 saturated carbocycles. The summed E-state index contributed by atoms with van der Waals surface area (Å²) in [5, 5.41) is 0. The largest absolute Gasteiger partial charge is 0.652 e. The van der Waals surface area contributed by atoms with Gasteiger partial charge in [-0.1, -0.05) is 45.3 Å². The monoisotopic (exact) mass is 1190 g/mol. The van der Waals surface area contributed by atoms with Crippen molar-refractivity contribution in [1.82, 2.24) is 0 Å². The molecule has 0 aromatic rings. The van der Waals surface area contributed by atoms with Gasteiger partial charge in [-0.15, -0.1) is 0 Å². The normalized spacial score (nSPS) is 28.4. The van der Waals surface area contributed by atoms with Crippen LogP contribution in [0, 0.1) is 5.92 Å². The van der Waals surface area contributed by atoms with Crippen molar-refractivity contribution in [3.05, 3.63) is 0 Å². The molecule has 1 aliphatic carbocycles. The van der Waals surface area contributed by atoms with Crippen LogP contribution in [-0.2, 0) is 310 Å². The number of hydrogen-bond donors (Lipinski definition) is 0. The summed E-state index contributed by atoms with van der Waals surface area (Å²) in [6.45, 7) is 10.5. The zero-order chi connectivity index (χ0) is 29.5. The van der Waals surface area contributed by atoms with Crippen molar-refractivity contribution in [2.75, 3.05) is 13.2 Å². The van der Waals surface area contributed by atoms with Crippen LogP contribution in [0.1, 0.15) is 20.3 Å². The molecule has 0 bridgehead atoms. The second-order valence-corrected chi connectivity index (χ2v) is 8.48. The van der Waals surface area contributed by atoms with Crippen LogP contribution in [0.3, 0.4) is 0 Å². The van der Waals surface area contributed by atoms with Crippen molar-refractivity contribution in [2.45, 2.75) is 81.5 Å². The van der Waals surface area contributed by atoms with Gasteiger partial charge in [0.05, 0.1) is 25.4 Å². The first-order valence-electron chi connectivity index (χ1n) is 11.5. The number of hydrogen-bond acceptors (Lipinski definition) is 17. The first-order chi connectivity index (χ1) is 19.4. The molecule has 1 aliphatic heterocycles. The molecule has 0 amide bonds. The molecule has 245 valence electrons. The predicted molar refractivity (Wildman–Crippen MR) is 118 cm³/mol. The maximum Gasteiger partial charge on any atom is 0.195 e. The molecule has 10 atom stereocenters. The van der Waals surface area contributed by atoms with Gasteiger partial charge in [0.1, 0.15) is 42.7 Å². The summed E-state index contributed by atoms with van der Waals surface area (Å²) in [7, 11) is 0. The standard InChI is InChI=1S/C23H23O17.7Y/c1-13(2)38-23-22(37-12-30)21(36-11-29)19(16(40-23)5-32-7-25)39-15-3-14(4-31-6-24)17(33-8-26)20(35-10-28)18(15)34-9-27;;;;;;;/h13-23H,3-5H2,1-2H3;;;;;;;/q-7;;;;;;;/t14-,15+,16-,17-,18+,19-,20+,21+,22-,23?;;;;;;;/m1......./s1. The van der Waals surface area contributed by atoms with Crippen LogP contribution in [0.2, 0.25) is 0 Å². The SMILES string of the molecule is CC(C)OC1O[C@H](CO[C-]=O)[C@@H](O[C@H]2C[C@H](CO[C-]=O)[C@@H](O[C-]=O)[C@H](O[C-]=O)[C@H]2O[C-]=O)[C@H](O[C-]=O)[C@H]1O[C-]=O.[Y].[Y].[Y].[Y].[Y].[Y].[Y]. The number of carbonyl (C=O) groups excluding carboxylic acids is 7. The van der Waals surface area contributed by atoms with E-state index in [0.29, 0.717) is 0 Å². The third-order valence-electron chi connectivity index (χ3n) is 5.93. The Kier molecular flexibility index (Phi) is 49.3. The fourth-order valence-electron chi connectivity index (χ4n) is 4.52. The van der Waals surface area contributed by atoms with Crippen LogP contribution in [0.4, 0.5) is 0 Å². The second-order valence-electron chi connectivity index (χ2n) is 8.48. The molecular weight excluding hydrogens is 1170 g/mol. The first kappa shape index (κ1) is 62.9. The summed E-state index contributed by atoms with van der Waals surface area (Å²) < 4.78 is 51.5. The maximum absolute atomic E-state index is 11.3. The van der Waals surface area contributed by atoms with E-state index in [0.717, 1.165) is 6.47 Å². The zero-order valence-corrected chi connectivity index (χ0v) is 44.8. The first-order valence-corrected chi connectivity index (χ1v) is 11.5. The summed E-state index contributed by atoms with van der Waals surface area (Å²) in [6.07, 6.45) is -13.8. The van der Waals surface area contributed by atoms with Crippen molar-refractivity contribution in [3.8, 4) is 0 Å². The van der Waals surface area contributed by atoms with Crippen molar-refractivity contribution < 1.29 is 310 Å². The van der Waals surface area contributed by atoms with Crippen molar-refractivity contribution >= 4 is 45.3 Å². The fraction of sp³-hybridized carbons (Fsp3) is 0.696. The molecule has 0 aromatic carbocycles. The van der Waals surface area contributed by atoms with E-state index >= 15 is 0 Å². The summed E-state index contributed by atoms with van der Waals surface area (Å²) in [4.78, 5) is 77.4. The van der Waals surface area contributed by atoms with E-state index in [1.54, 1.807) is 13.8 Å². The average molecular weight is 1190 g/mol. The van der Waals surface area contributed by atoms with E-state index in [4.69, 9.17) is 42.6 Å². The van der Waals surface area contributed by atoms with E-state index in [9.17, 15) is 33.6 Å². The third kappa shape index (κ3) is 20.4. The molecule has 17 nitrogen and oxygen atoms in total. The van der Waals surface area contributed by atoms with E-state index < -0.39 is 80.4 Å². The van der Waals surface area contributed by atoms with Gasteiger partial charge in [0, 0.05) is 235 Å². The van der Waals surface area contributed by atoms with Gasteiger partial charge in [0.25, 0.3) is 0 Å². The molecule has 1 saturated heterocycles. The van der Waals surface area contributed by atoms with Gasteiger partial charge in [-0.05, 0) is 20.3 Å². The van der Waals surface area contributed by atoms with E-state index in [1.807, 2.05) is 0 Å². The van der Waals surface area contributed by atoms with Crippen LogP contribution in [0.15, 0.2) is 0 Å². The van der Waals surface area contributed by atoms with Crippen LogP contribution in [0.25, 0.3) is 0 Å². The van der Waals surface area contributed by atoms with E-state index in [-0.39, 0.29) is 235 Å². The van der Waals surface area contributed by atoms with Crippen LogP contribution < -0.4 is 0 Å². The number of ether oxygens (including phenoxy) is 10. The molecule has 2 rings (SSSR count). The molecule has 1 heterocycles. The topological polar surface area (TPSA) is 212 Å². The average Bonchev–Trinajstić information content (AvgIpc) is 2.92. The maximum atomic E-state index is 11.3. The Morgan fingerprint density at radius 3 is 1.45 bits per heavy atom. The van der Waals surface area contributed by atoms with Gasteiger partial charge in [-0.3, -0.25) is 0 Å². The molecule has 0 aromatic heterocycles. The van der Waals surface area contributed by atoms with Crippen molar-refractivity contribution in [3.63, 3.8) is 0 Å². The molecule has 7 radical (unpaired) electrons. The summed E-state index contributed by atoms with van der Waals surface area (Å²) in [6, 6.07) is 0. The summed E-state index contributed by atoms with van der Waals surface area (Å²) in [5.41, 5.74) is 0. The minimum Gasteiger partial charge on any atom is -0.652 e. The van der Waals surface area contributed by atoms with E-state index in [2.05, 4.69) is 4.74 Å². The Morgan fingerprint density at radius 1 is 0.553 bits per heavy atom. The molecule has 0 N–H and O–H groups in total. The minimum atomic E-state index is -1.59. The Balaban J connectivity index is -0.000000600. The van der Waals surface area contributed by atoms with Crippen molar-refractivity contribution in [2.24, 2.45) is 5.92 Å². The van der Waals surface area contributed by atoms with Gasteiger partial charge in [-0.2, -0.15) is 0 Å². The fourth-order valence-corrected chi connectivity index (χ4v) is 4.52. The molecule has 24 heteroatoms. The summed E-state index contributed by atoms with van der Waals surface area (Å²) in [5.74, 6) is -0.968. The van der Waals surface area contributed by atoms with Gasteiger partial charge in [0.2, 0.25) is 0 Å². The second kappa shape index (κ2) is 36.9. The smallest absolute Gasteiger partial charge is 0.195 e. The Hall–Kier alpha value is 3.90. The Morgan fingerprint density at radius 2 is 0.979 bits per heavy atom. The predicted octanol–water partition coefficient (Wildman–Crippen LogP) is -2.68. The molecule has 1 unspecified atom stereocenters. The molecule has 0 spiro atoms. The summed E-state index contributed by atoms with van der Waals surface area (Å²) >= 11 is 0.